The van der Waals surface area contributed by atoms with Crippen LogP contribution in [0.2, 0.25) is 0 Å². The molecule has 0 unspecified atom stereocenters. The Morgan fingerprint density at radius 3 is 2.86 bits per heavy atom. The summed E-state index contributed by atoms with van der Waals surface area (Å²) in [5.41, 5.74) is 3.44. The molecular formula is C22H24N4O3. The van der Waals surface area contributed by atoms with Crippen molar-refractivity contribution in [1.29, 1.82) is 0 Å². The molecule has 3 heterocycles. The zero-order chi connectivity index (χ0) is 20.4. The maximum atomic E-state index is 13.0. The fourth-order valence-corrected chi connectivity index (χ4v) is 3.77. The van der Waals surface area contributed by atoms with Gasteiger partial charge < -0.3 is 14.6 Å². The third-order valence-corrected chi connectivity index (χ3v) is 5.33. The summed E-state index contributed by atoms with van der Waals surface area (Å²) in [6, 6.07) is 13.0. The first-order valence-corrected chi connectivity index (χ1v) is 9.81. The van der Waals surface area contributed by atoms with E-state index in [4.69, 9.17) is 4.74 Å². The van der Waals surface area contributed by atoms with E-state index in [9.17, 15) is 9.59 Å². The normalized spacial score (nSPS) is 18.7. The van der Waals surface area contributed by atoms with E-state index in [0.29, 0.717) is 25.3 Å². The van der Waals surface area contributed by atoms with E-state index >= 15 is 0 Å². The molecule has 1 aromatic carbocycles. The van der Waals surface area contributed by atoms with Crippen molar-refractivity contribution in [2.24, 2.45) is 5.92 Å². The number of ether oxygens (including phenoxy) is 1. The number of hydrogen-bond acceptors (Lipinski definition) is 4. The van der Waals surface area contributed by atoms with Crippen LogP contribution in [0.4, 0.5) is 5.69 Å². The number of carbonyl (C=O) groups is 1. The SMILES string of the molecule is CCn1cc(NC(=O)[C@H]2CCO[C@@H]2c2ccnn2-c2ccccc2C)ccc1=O. The van der Waals surface area contributed by atoms with Gasteiger partial charge in [0, 0.05) is 31.6 Å². The molecule has 7 nitrogen and oxygen atoms in total. The van der Waals surface area contributed by atoms with Gasteiger partial charge >= 0.3 is 0 Å². The first-order valence-electron chi connectivity index (χ1n) is 9.81. The smallest absolute Gasteiger partial charge is 0.250 e. The number of pyridine rings is 1. The van der Waals surface area contributed by atoms with Gasteiger partial charge in [-0.2, -0.15) is 5.10 Å². The number of nitrogens with zero attached hydrogens (tertiary/aromatic N) is 3. The van der Waals surface area contributed by atoms with Crippen LogP contribution in [-0.4, -0.2) is 26.9 Å². The van der Waals surface area contributed by atoms with E-state index < -0.39 is 0 Å². The maximum absolute atomic E-state index is 13.0. The van der Waals surface area contributed by atoms with Gasteiger partial charge in [0.15, 0.2) is 0 Å². The van der Waals surface area contributed by atoms with Gasteiger partial charge in [-0.15, -0.1) is 0 Å². The number of aryl methyl sites for hydroxylation is 2. The number of aromatic nitrogens is 3. The molecule has 0 aliphatic carbocycles. The second kappa shape index (κ2) is 8.05. The minimum Gasteiger partial charge on any atom is -0.371 e. The summed E-state index contributed by atoms with van der Waals surface area (Å²) >= 11 is 0. The molecular weight excluding hydrogens is 368 g/mol. The lowest BCUT2D eigenvalue weighted by Crippen LogP contribution is -2.27. The number of hydrogen-bond donors (Lipinski definition) is 1. The van der Waals surface area contributed by atoms with Crippen molar-refractivity contribution in [3.8, 4) is 5.69 Å². The second-order valence-corrected chi connectivity index (χ2v) is 7.17. The van der Waals surface area contributed by atoms with Gasteiger partial charge in [-0.05, 0) is 44.0 Å². The minimum atomic E-state index is -0.380. The third-order valence-electron chi connectivity index (χ3n) is 5.33. The van der Waals surface area contributed by atoms with Gasteiger partial charge in [0.05, 0.1) is 23.0 Å². The number of amides is 1. The monoisotopic (exact) mass is 392 g/mol. The molecule has 1 amide bonds. The van der Waals surface area contributed by atoms with Crippen LogP contribution in [0.5, 0.6) is 0 Å². The third kappa shape index (κ3) is 3.73. The van der Waals surface area contributed by atoms with Crippen molar-refractivity contribution in [2.45, 2.75) is 32.9 Å². The lowest BCUT2D eigenvalue weighted by molar-refractivity contribution is -0.121. The number of nitrogens with one attached hydrogen (secondary N) is 1. The van der Waals surface area contributed by atoms with Crippen molar-refractivity contribution >= 4 is 11.6 Å². The zero-order valence-corrected chi connectivity index (χ0v) is 16.5. The first kappa shape index (κ1) is 19.1. The fraction of sp³-hybridized carbons (Fsp3) is 0.318. The van der Waals surface area contributed by atoms with Crippen molar-refractivity contribution in [3.63, 3.8) is 0 Å². The largest absolute Gasteiger partial charge is 0.371 e. The van der Waals surface area contributed by atoms with Gasteiger partial charge in [-0.1, -0.05) is 18.2 Å². The number of anilines is 1. The van der Waals surface area contributed by atoms with Crippen LogP contribution < -0.4 is 10.9 Å². The van der Waals surface area contributed by atoms with E-state index in [2.05, 4.69) is 10.4 Å². The summed E-state index contributed by atoms with van der Waals surface area (Å²) < 4.78 is 9.37. The summed E-state index contributed by atoms with van der Waals surface area (Å²) in [6.07, 6.45) is 3.65. The Kier molecular flexibility index (Phi) is 5.31. The molecule has 0 saturated carbocycles. The molecule has 1 aliphatic heterocycles. The van der Waals surface area contributed by atoms with E-state index in [0.717, 1.165) is 16.9 Å². The molecule has 0 radical (unpaired) electrons. The highest BCUT2D eigenvalue weighted by molar-refractivity contribution is 5.93. The summed E-state index contributed by atoms with van der Waals surface area (Å²) in [7, 11) is 0. The van der Waals surface area contributed by atoms with Crippen LogP contribution in [0.15, 0.2) is 59.7 Å². The van der Waals surface area contributed by atoms with Gasteiger partial charge in [0.25, 0.3) is 5.56 Å². The highest BCUT2D eigenvalue weighted by Gasteiger charge is 2.37. The zero-order valence-electron chi connectivity index (χ0n) is 16.5. The van der Waals surface area contributed by atoms with Gasteiger partial charge in [-0.3, -0.25) is 9.59 Å². The molecule has 3 aromatic rings. The molecule has 2 aromatic heterocycles. The number of benzene rings is 1. The number of carbonyl (C=O) groups excluding carboxylic acids is 1. The first-order chi connectivity index (χ1) is 14.1. The maximum Gasteiger partial charge on any atom is 0.250 e. The standard InChI is InChI=1S/C22H24N4O3/c1-3-25-14-16(8-9-20(25)27)24-22(28)17-11-13-29-21(17)19-10-12-23-26(19)18-7-5-4-6-15(18)2/h4-10,12,14,17,21H,3,11,13H2,1-2H3,(H,24,28)/t17-,21-/m0/s1. The summed E-state index contributed by atoms with van der Waals surface area (Å²) in [5.74, 6) is -0.456. The summed E-state index contributed by atoms with van der Waals surface area (Å²) in [6.45, 7) is 4.98. The Hall–Kier alpha value is -3.19. The summed E-state index contributed by atoms with van der Waals surface area (Å²) in [5, 5.41) is 7.41. The Morgan fingerprint density at radius 1 is 1.24 bits per heavy atom. The van der Waals surface area contributed by atoms with E-state index in [1.165, 1.54) is 6.07 Å². The molecule has 7 heteroatoms. The van der Waals surface area contributed by atoms with E-state index in [-0.39, 0.29) is 23.5 Å². The molecule has 1 saturated heterocycles. The summed E-state index contributed by atoms with van der Waals surface area (Å²) in [4.78, 5) is 24.8. The molecule has 0 spiro atoms. The molecule has 29 heavy (non-hydrogen) atoms. The highest BCUT2D eigenvalue weighted by Crippen LogP contribution is 2.36. The Morgan fingerprint density at radius 2 is 2.07 bits per heavy atom. The molecule has 2 atom stereocenters. The van der Waals surface area contributed by atoms with Crippen LogP contribution in [0.3, 0.4) is 0 Å². The van der Waals surface area contributed by atoms with Crippen LogP contribution >= 0.6 is 0 Å². The van der Waals surface area contributed by atoms with Crippen molar-refractivity contribution in [2.75, 3.05) is 11.9 Å². The Labute approximate surface area is 168 Å². The number of para-hydroxylation sites is 1. The lowest BCUT2D eigenvalue weighted by atomic mass is 9.97. The molecule has 150 valence electrons. The fourth-order valence-electron chi connectivity index (χ4n) is 3.77. The van der Waals surface area contributed by atoms with Crippen LogP contribution in [-0.2, 0) is 16.1 Å². The van der Waals surface area contributed by atoms with Gasteiger partial charge in [0.1, 0.15) is 6.10 Å². The Balaban J connectivity index is 1.59. The van der Waals surface area contributed by atoms with Crippen LogP contribution in [0, 0.1) is 12.8 Å². The molecule has 4 rings (SSSR count). The minimum absolute atomic E-state index is 0.0882. The topological polar surface area (TPSA) is 78.2 Å². The van der Waals surface area contributed by atoms with Gasteiger partial charge in [0.2, 0.25) is 5.91 Å². The van der Waals surface area contributed by atoms with Crippen molar-refractivity contribution in [3.05, 3.63) is 76.5 Å². The van der Waals surface area contributed by atoms with E-state index in [1.54, 1.807) is 23.0 Å². The predicted molar refractivity (Wildman–Crippen MR) is 110 cm³/mol. The van der Waals surface area contributed by atoms with Gasteiger partial charge in [-0.25, -0.2) is 4.68 Å². The van der Waals surface area contributed by atoms with Crippen LogP contribution in [0.1, 0.15) is 30.7 Å². The van der Waals surface area contributed by atoms with Crippen molar-refractivity contribution in [1.82, 2.24) is 14.3 Å². The lowest BCUT2D eigenvalue weighted by Gasteiger charge is -2.20. The predicted octanol–water partition coefficient (Wildman–Crippen LogP) is 3.08. The molecule has 0 bridgehead atoms. The second-order valence-electron chi connectivity index (χ2n) is 7.17. The van der Waals surface area contributed by atoms with Crippen molar-refractivity contribution < 1.29 is 9.53 Å². The Bertz CT molecular complexity index is 1090. The quantitative estimate of drug-likeness (QED) is 0.724. The highest BCUT2D eigenvalue weighted by atomic mass is 16.5. The average Bonchev–Trinajstić information content (AvgIpc) is 3.38. The van der Waals surface area contributed by atoms with Crippen LogP contribution in [0.25, 0.3) is 5.69 Å². The molecule has 1 N–H and O–H groups in total. The number of rotatable bonds is 5. The molecule has 1 fully saturated rings. The molecule has 1 aliphatic rings. The van der Waals surface area contributed by atoms with E-state index in [1.807, 2.05) is 48.9 Å². The average molecular weight is 392 g/mol.